The molecule has 8 heteroatoms. The number of carbonyl (C=O) groups excluding carboxylic acids is 1. The van der Waals surface area contributed by atoms with Crippen molar-refractivity contribution in [3.63, 3.8) is 0 Å². The highest BCUT2D eigenvalue weighted by Gasteiger charge is 2.28. The number of nitrogens with one attached hydrogen (secondary N) is 1. The van der Waals surface area contributed by atoms with E-state index in [-0.39, 0.29) is 19.1 Å². The quantitative estimate of drug-likeness (QED) is 0.880. The lowest BCUT2D eigenvalue weighted by Gasteiger charge is -2.30. The Morgan fingerprint density at radius 3 is 2.83 bits per heavy atom. The zero-order chi connectivity index (χ0) is 16.9. The van der Waals surface area contributed by atoms with Crippen LogP contribution in [0.2, 0.25) is 0 Å². The highest BCUT2D eigenvalue weighted by molar-refractivity contribution is 5.76. The summed E-state index contributed by atoms with van der Waals surface area (Å²) in [6.07, 6.45) is 2.75. The summed E-state index contributed by atoms with van der Waals surface area (Å²) in [4.78, 5) is 29.1. The molecule has 0 spiro atoms. The molecule has 24 heavy (non-hydrogen) atoms. The summed E-state index contributed by atoms with van der Waals surface area (Å²) in [5, 5.41) is 16.1. The molecular weight excluding hydrogens is 310 g/mol. The highest BCUT2D eigenvalue weighted by Crippen LogP contribution is 2.16. The van der Waals surface area contributed by atoms with Crippen molar-refractivity contribution in [1.29, 1.82) is 0 Å². The van der Waals surface area contributed by atoms with E-state index in [0.29, 0.717) is 25.2 Å². The molecule has 2 amide bonds. The zero-order valence-electron chi connectivity index (χ0n) is 13.1. The average Bonchev–Trinajstić information content (AvgIpc) is 3.09. The van der Waals surface area contributed by atoms with Gasteiger partial charge in [0.1, 0.15) is 6.33 Å². The van der Waals surface area contributed by atoms with Crippen LogP contribution in [0, 0.1) is 5.92 Å². The second-order valence-electron chi connectivity index (χ2n) is 5.71. The Labute approximate surface area is 139 Å². The third-order valence-electron chi connectivity index (χ3n) is 4.07. The molecule has 0 aliphatic carbocycles. The number of carboxylic acid groups (broad SMARTS) is 1. The lowest BCUT2D eigenvalue weighted by Crippen LogP contribution is -2.47. The van der Waals surface area contributed by atoms with Crippen LogP contribution in [0.5, 0.6) is 0 Å². The number of para-hydroxylation sites is 1. The van der Waals surface area contributed by atoms with Crippen LogP contribution < -0.4 is 5.32 Å². The monoisotopic (exact) mass is 329 g/mol. The number of carboxylic acids is 1. The van der Waals surface area contributed by atoms with Gasteiger partial charge in [-0.1, -0.05) is 18.2 Å². The van der Waals surface area contributed by atoms with Gasteiger partial charge in [-0.05, 0) is 25.0 Å². The van der Waals surface area contributed by atoms with Crippen molar-refractivity contribution in [3.8, 4) is 5.69 Å². The van der Waals surface area contributed by atoms with E-state index in [1.807, 2.05) is 30.3 Å². The number of rotatable bonds is 4. The second-order valence-corrected chi connectivity index (χ2v) is 5.71. The lowest BCUT2D eigenvalue weighted by atomic mass is 9.99. The van der Waals surface area contributed by atoms with Crippen molar-refractivity contribution in [1.82, 2.24) is 25.0 Å². The number of urea groups is 1. The minimum atomic E-state index is -0.851. The van der Waals surface area contributed by atoms with Gasteiger partial charge in [0.25, 0.3) is 0 Å². The van der Waals surface area contributed by atoms with Gasteiger partial charge in [0.2, 0.25) is 0 Å². The Balaban J connectivity index is 1.61. The molecule has 1 aromatic carbocycles. The van der Waals surface area contributed by atoms with Crippen LogP contribution in [-0.4, -0.2) is 49.9 Å². The third-order valence-corrected chi connectivity index (χ3v) is 4.07. The number of amides is 2. The fourth-order valence-electron chi connectivity index (χ4n) is 2.80. The average molecular weight is 329 g/mol. The summed E-state index contributed by atoms with van der Waals surface area (Å²) in [5.74, 6) is -0.727. The van der Waals surface area contributed by atoms with Gasteiger partial charge in [0.05, 0.1) is 18.2 Å². The summed E-state index contributed by atoms with van der Waals surface area (Å²) in [5.41, 5.74) is 0.864. The number of likely N-dealkylation sites (tertiary alicyclic amines) is 1. The first-order chi connectivity index (χ1) is 11.6. The van der Waals surface area contributed by atoms with E-state index in [2.05, 4.69) is 15.4 Å². The molecule has 2 aromatic rings. The smallest absolute Gasteiger partial charge is 0.317 e. The Hall–Kier alpha value is -2.90. The van der Waals surface area contributed by atoms with Gasteiger partial charge in [-0.15, -0.1) is 0 Å². The number of aliphatic carboxylic acids is 1. The number of aromatic nitrogens is 3. The topological polar surface area (TPSA) is 100 Å². The van der Waals surface area contributed by atoms with Crippen LogP contribution in [-0.2, 0) is 11.3 Å². The molecule has 1 unspecified atom stereocenters. The molecule has 0 radical (unpaired) electrons. The van der Waals surface area contributed by atoms with Crippen LogP contribution in [0.15, 0.2) is 36.7 Å². The van der Waals surface area contributed by atoms with Crippen molar-refractivity contribution < 1.29 is 14.7 Å². The minimum Gasteiger partial charge on any atom is -0.481 e. The molecule has 3 rings (SSSR count). The first-order valence-corrected chi connectivity index (χ1v) is 7.85. The number of benzene rings is 1. The molecule has 1 aliphatic heterocycles. The molecule has 0 bridgehead atoms. The van der Waals surface area contributed by atoms with Gasteiger partial charge in [0, 0.05) is 13.1 Å². The molecule has 1 aliphatic rings. The Morgan fingerprint density at radius 1 is 1.29 bits per heavy atom. The van der Waals surface area contributed by atoms with Gasteiger partial charge in [-0.2, -0.15) is 5.10 Å². The number of nitrogens with zero attached hydrogens (tertiary/aromatic N) is 4. The molecule has 1 aromatic heterocycles. The van der Waals surface area contributed by atoms with Crippen LogP contribution in [0.1, 0.15) is 18.7 Å². The maximum Gasteiger partial charge on any atom is 0.317 e. The SMILES string of the molecule is O=C(O)C1CCCN(C(=O)NCc2ncnn2-c2ccccc2)C1. The van der Waals surface area contributed by atoms with Crippen molar-refractivity contribution >= 4 is 12.0 Å². The van der Waals surface area contributed by atoms with Crippen molar-refractivity contribution in [2.24, 2.45) is 5.92 Å². The molecule has 2 N–H and O–H groups in total. The van der Waals surface area contributed by atoms with Gasteiger partial charge in [-0.25, -0.2) is 14.5 Å². The van der Waals surface area contributed by atoms with Gasteiger partial charge >= 0.3 is 12.0 Å². The van der Waals surface area contributed by atoms with E-state index in [4.69, 9.17) is 5.11 Å². The van der Waals surface area contributed by atoms with Gasteiger partial charge < -0.3 is 15.3 Å². The number of hydrogen-bond acceptors (Lipinski definition) is 4. The number of carbonyl (C=O) groups is 2. The van der Waals surface area contributed by atoms with E-state index in [9.17, 15) is 9.59 Å². The number of hydrogen-bond donors (Lipinski definition) is 2. The Kier molecular flexibility index (Phi) is 4.74. The Bertz CT molecular complexity index is 716. The van der Waals surface area contributed by atoms with Crippen LogP contribution in [0.4, 0.5) is 4.79 Å². The first-order valence-electron chi connectivity index (χ1n) is 7.85. The second kappa shape index (κ2) is 7.12. The summed E-state index contributed by atoms with van der Waals surface area (Å²) < 4.78 is 1.66. The van der Waals surface area contributed by atoms with Crippen LogP contribution >= 0.6 is 0 Å². The molecule has 8 nitrogen and oxygen atoms in total. The number of piperidine rings is 1. The maximum absolute atomic E-state index is 12.3. The fraction of sp³-hybridized carbons (Fsp3) is 0.375. The van der Waals surface area contributed by atoms with E-state index in [0.717, 1.165) is 5.69 Å². The van der Waals surface area contributed by atoms with E-state index < -0.39 is 11.9 Å². The molecule has 126 valence electrons. The molecular formula is C16H19N5O3. The van der Waals surface area contributed by atoms with Crippen LogP contribution in [0.3, 0.4) is 0 Å². The van der Waals surface area contributed by atoms with E-state index >= 15 is 0 Å². The summed E-state index contributed by atoms with van der Waals surface area (Å²) >= 11 is 0. The third kappa shape index (κ3) is 3.53. The minimum absolute atomic E-state index is 0.224. The fourth-order valence-corrected chi connectivity index (χ4v) is 2.80. The van der Waals surface area contributed by atoms with Crippen LogP contribution in [0.25, 0.3) is 5.69 Å². The lowest BCUT2D eigenvalue weighted by molar-refractivity contribution is -0.143. The molecule has 2 heterocycles. The maximum atomic E-state index is 12.3. The normalized spacial score (nSPS) is 17.5. The standard InChI is InChI=1S/C16H19N5O3/c22-15(23)12-5-4-8-20(10-12)16(24)17-9-14-18-11-19-21(14)13-6-2-1-3-7-13/h1-3,6-7,11-12H,4-5,8-10H2,(H,17,24)(H,22,23). The predicted octanol–water partition coefficient (Wildman–Crippen LogP) is 1.27. The van der Waals surface area contributed by atoms with Gasteiger partial charge in [0.15, 0.2) is 5.82 Å². The highest BCUT2D eigenvalue weighted by atomic mass is 16.4. The predicted molar refractivity (Wildman–Crippen MR) is 85.5 cm³/mol. The molecule has 1 fully saturated rings. The molecule has 0 saturated carbocycles. The first kappa shape index (κ1) is 16.0. The van der Waals surface area contributed by atoms with Crippen molar-refractivity contribution in [3.05, 3.63) is 42.5 Å². The molecule has 1 atom stereocenters. The molecule has 1 saturated heterocycles. The van der Waals surface area contributed by atoms with Crippen molar-refractivity contribution in [2.45, 2.75) is 19.4 Å². The Morgan fingerprint density at radius 2 is 2.08 bits per heavy atom. The van der Waals surface area contributed by atoms with E-state index in [1.165, 1.54) is 6.33 Å². The summed E-state index contributed by atoms with van der Waals surface area (Å²) in [7, 11) is 0. The largest absolute Gasteiger partial charge is 0.481 e. The van der Waals surface area contributed by atoms with Crippen molar-refractivity contribution in [2.75, 3.05) is 13.1 Å². The summed E-state index contributed by atoms with van der Waals surface area (Å²) in [6, 6.07) is 9.25. The zero-order valence-corrected chi connectivity index (χ0v) is 13.1. The van der Waals surface area contributed by atoms with Gasteiger partial charge in [-0.3, -0.25) is 4.79 Å². The van der Waals surface area contributed by atoms with E-state index in [1.54, 1.807) is 9.58 Å². The summed E-state index contributed by atoms with van der Waals surface area (Å²) in [6.45, 7) is 1.04.